The highest BCUT2D eigenvalue weighted by Crippen LogP contribution is 2.32. The van der Waals surface area contributed by atoms with Crippen molar-refractivity contribution < 1.29 is 19.0 Å². The van der Waals surface area contributed by atoms with Crippen LogP contribution >= 0.6 is 11.8 Å². The number of carbonyl (C=O) groups is 1. The number of rotatable bonds is 7. The van der Waals surface area contributed by atoms with Crippen LogP contribution in [-0.2, 0) is 4.79 Å². The van der Waals surface area contributed by atoms with Crippen LogP contribution in [0.1, 0.15) is 0 Å². The lowest BCUT2D eigenvalue weighted by atomic mass is 10.3. The number of carbonyl (C=O) groups excluding carboxylic acids is 1. The van der Waals surface area contributed by atoms with E-state index >= 15 is 0 Å². The van der Waals surface area contributed by atoms with Crippen LogP contribution in [0.15, 0.2) is 47.4 Å². The second kappa shape index (κ2) is 8.33. The van der Waals surface area contributed by atoms with Crippen molar-refractivity contribution in [1.82, 2.24) is 0 Å². The quantitative estimate of drug-likeness (QED) is 0.787. The third-order valence-electron chi connectivity index (χ3n) is 3.11. The number of methoxy groups -OCH3 is 3. The van der Waals surface area contributed by atoms with Gasteiger partial charge in [0.05, 0.1) is 32.8 Å². The number of nitrogens with one attached hydrogen (secondary N) is 1. The molecule has 0 aliphatic heterocycles. The summed E-state index contributed by atoms with van der Waals surface area (Å²) in [4.78, 5) is 13.0. The first-order valence-corrected chi connectivity index (χ1v) is 7.94. The Morgan fingerprint density at radius 1 is 0.957 bits per heavy atom. The zero-order chi connectivity index (χ0) is 16.7. The van der Waals surface area contributed by atoms with E-state index in [0.717, 1.165) is 4.90 Å². The third-order valence-corrected chi connectivity index (χ3v) is 4.10. The van der Waals surface area contributed by atoms with E-state index in [0.29, 0.717) is 22.9 Å². The maximum absolute atomic E-state index is 12.1. The molecule has 5 nitrogen and oxygen atoms in total. The van der Waals surface area contributed by atoms with Crippen molar-refractivity contribution in [2.75, 3.05) is 32.4 Å². The first-order valence-electron chi connectivity index (χ1n) is 6.95. The molecule has 0 saturated heterocycles. The van der Waals surface area contributed by atoms with E-state index in [1.165, 1.54) is 11.8 Å². The minimum Gasteiger partial charge on any atom is -0.495 e. The van der Waals surface area contributed by atoms with E-state index in [9.17, 15) is 4.79 Å². The minimum absolute atomic E-state index is 0.103. The molecule has 0 aliphatic rings. The molecule has 0 atom stereocenters. The molecule has 0 heterocycles. The molecule has 0 spiro atoms. The van der Waals surface area contributed by atoms with Gasteiger partial charge in [0.15, 0.2) is 11.5 Å². The topological polar surface area (TPSA) is 56.8 Å². The first kappa shape index (κ1) is 17.0. The Hall–Kier alpha value is -2.34. The van der Waals surface area contributed by atoms with Crippen LogP contribution in [-0.4, -0.2) is 33.0 Å². The van der Waals surface area contributed by atoms with Crippen molar-refractivity contribution in [3.63, 3.8) is 0 Å². The van der Waals surface area contributed by atoms with Crippen LogP contribution in [0, 0.1) is 0 Å². The first-order chi connectivity index (χ1) is 11.2. The largest absolute Gasteiger partial charge is 0.495 e. The third kappa shape index (κ3) is 4.56. The molecule has 2 aromatic carbocycles. The van der Waals surface area contributed by atoms with Gasteiger partial charge in [-0.2, -0.15) is 0 Å². The summed E-state index contributed by atoms with van der Waals surface area (Å²) in [7, 11) is 4.75. The predicted octanol–water partition coefficient (Wildman–Crippen LogP) is 3.44. The SMILES string of the molecule is COc1ccccc1NC(=O)CSc1ccc(OC)c(OC)c1. The summed E-state index contributed by atoms with van der Waals surface area (Å²) in [5.74, 6) is 2.12. The van der Waals surface area contributed by atoms with E-state index in [4.69, 9.17) is 14.2 Å². The summed E-state index contributed by atoms with van der Waals surface area (Å²) < 4.78 is 15.7. The van der Waals surface area contributed by atoms with E-state index in [1.807, 2.05) is 30.3 Å². The number of ether oxygens (including phenoxy) is 3. The fourth-order valence-corrected chi connectivity index (χ4v) is 2.71. The molecule has 0 radical (unpaired) electrons. The number of hydrogen-bond donors (Lipinski definition) is 1. The number of thioether (sulfide) groups is 1. The summed E-state index contributed by atoms with van der Waals surface area (Å²) in [6, 6.07) is 12.9. The number of amides is 1. The molecular weight excluding hydrogens is 314 g/mol. The number of anilines is 1. The van der Waals surface area contributed by atoms with Gasteiger partial charge in [0.25, 0.3) is 0 Å². The monoisotopic (exact) mass is 333 g/mol. The van der Waals surface area contributed by atoms with Gasteiger partial charge in [0, 0.05) is 4.90 Å². The van der Waals surface area contributed by atoms with E-state index in [1.54, 1.807) is 33.5 Å². The molecule has 122 valence electrons. The molecule has 1 amide bonds. The second-order valence-electron chi connectivity index (χ2n) is 4.55. The maximum Gasteiger partial charge on any atom is 0.234 e. The van der Waals surface area contributed by atoms with Gasteiger partial charge in [-0.3, -0.25) is 4.79 Å². The Balaban J connectivity index is 1.96. The maximum atomic E-state index is 12.1. The normalized spacial score (nSPS) is 10.0. The lowest BCUT2D eigenvalue weighted by Crippen LogP contribution is -2.14. The highest BCUT2D eigenvalue weighted by atomic mass is 32.2. The Morgan fingerprint density at radius 2 is 1.65 bits per heavy atom. The van der Waals surface area contributed by atoms with Crippen molar-refractivity contribution in [2.24, 2.45) is 0 Å². The summed E-state index contributed by atoms with van der Waals surface area (Å²) in [6.45, 7) is 0. The Kier molecular flexibility index (Phi) is 6.17. The molecule has 2 aromatic rings. The van der Waals surface area contributed by atoms with Crippen molar-refractivity contribution in [3.05, 3.63) is 42.5 Å². The zero-order valence-electron chi connectivity index (χ0n) is 13.3. The molecule has 0 aromatic heterocycles. The molecule has 0 unspecified atom stereocenters. The second-order valence-corrected chi connectivity index (χ2v) is 5.60. The van der Waals surface area contributed by atoms with Crippen LogP contribution in [0.3, 0.4) is 0 Å². The molecular formula is C17H19NO4S. The van der Waals surface area contributed by atoms with Crippen molar-refractivity contribution >= 4 is 23.4 Å². The molecule has 0 bridgehead atoms. The standard InChI is InChI=1S/C17H19NO4S/c1-20-14-7-5-4-6-13(14)18-17(19)11-23-12-8-9-15(21-2)16(10-12)22-3/h4-10H,11H2,1-3H3,(H,18,19). The van der Waals surface area contributed by atoms with Crippen molar-refractivity contribution in [3.8, 4) is 17.2 Å². The van der Waals surface area contributed by atoms with Crippen molar-refractivity contribution in [1.29, 1.82) is 0 Å². The molecule has 6 heteroatoms. The van der Waals surface area contributed by atoms with Crippen LogP contribution in [0.25, 0.3) is 0 Å². The number of para-hydroxylation sites is 2. The lowest BCUT2D eigenvalue weighted by molar-refractivity contribution is -0.113. The van der Waals surface area contributed by atoms with Gasteiger partial charge in [0.1, 0.15) is 5.75 Å². The van der Waals surface area contributed by atoms with Crippen molar-refractivity contribution in [2.45, 2.75) is 4.90 Å². The highest BCUT2D eigenvalue weighted by Gasteiger charge is 2.09. The molecule has 0 fully saturated rings. The van der Waals surface area contributed by atoms with E-state index in [2.05, 4.69) is 5.32 Å². The summed E-state index contributed by atoms with van der Waals surface area (Å²) in [6.07, 6.45) is 0. The molecule has 0 saturated carbocycles. The average molecular weight is 333 g/mol. The van der Waals surface area contributed by atoms with E-state index in [-0.39, 0.29) is 11.7 Å². The molecule has 0 aliphatic carbocycles. The highest BCUT2D eigenvalue weighted by molar-refractivity contribution is 8.00. The summed E-state index contributed by atoms with van der Waals surface area (Å²) >= 11 is 1.42. The lowest BCUT2D eigenvalue weighted by Gasteiger charge is -2.11. The van der Waals surface area contributed by atoms with Gasteiger partial charge >= 0.3 is 0 Å². The Labute approximate surface area is 139 Å². The minimum atomic E-state index is -0.103. The van der Waals surface area contributed by atoms with Gasteiger partial charge in [-0.1, -0.05) is 12.1 Å². The van der Waals surface area contributed by atoms with E-state index < -0.39 is 0 Å². The van der Waals surface area contributed by atoms with Gasteiger partial charge in [-0.05, 0) is 30.3 Å². The van der Waals surface area contributed by atoms with Gasteiger partial charge in [-0.15, -0.1) is 11.8 Å². The van der Waals surface area contributed by atoms with Crippen LogP contribution in [0.5, 0.6) is 17.2 Å². The predicted molar refractivity (Wildman–Crippen MR) is 91.9 cm³/mol. The van der Waals surface area contributed by atoms with Crippen LogP contribution in [0.4, 0.5) is 5.69 Å². The van der Waals surface area contributed by atoms with Gasteiger partial charge in [0.2, 0.25) is 5.91 Å². The molecule has 1 N–H and O–H groups in total. The number of benzene rings is 2. The summed E-state index contributed by atoms with van der Waals surface area (Å²) in [5, 5.41) is 2.84. The average Bonchev–Trinajstić information content (AvgIpc) is 2.60. The Bertz CT molecular complexity index is 675. The number of hydrogen-bond acceptors (Lipinski definition) is 5. The molecule has 2 rings (SSSR count). The zero-order valence-corrected chi connectivity index (χ0v) is 14.1. The smallest absolute Gasteiger partial charge is 0.234 e. The van der Waals surface area contributed by atoms with Crippen LogP contribution < -0.4 is 19.5 Å². The fraction of sp³-hybridized carbons (Fsp3) is 0.235. The van der Waals surface area contributed by atoms with Crippen LogP contribution in [0.2, 0.25) is 0 Å². The summed E-state index contributed by atoms with van der Waals surface area (Å²) in [5.41, 5.74) is 0.660. The van der Waals surface area contributed by atoms with Gasteiger partial charge < -0.3 is 19.5 Å². The fourth-order valence-electron chi connectivity index (χ4n) is 1.99. The Morgan fingerprint density at radius 3 is 2.35 bits per heavy atom. The molecule has 23 heavy (non-hydrogen) atoms. The van der Waals surface area contributed by atoms with Gasteiger partial charge in [-0.25, -0.2) is 0 Å².